The van der Waals surface area contributed by atoms with E-state index in [0.29, 0.717) is 6.04 Å². The molecule has 2 aromatic rings. The molecular weight excluding hydrogens is 212 g/mol. The lowest BCUT2D eigenvalue weighted by atomic mass is 10.1. The Morgan fingerprint density at radius 2 is 1.88 bits per heavy atom. The lowest BCUT2D eigenvalue weighted by Gasteiger charge is -2.13. The lowest BCUT2D eigenvalue weighted by Crippen LogP contribution is -2.14. The second-order valence-electron chi connectivity index (χ2n) is 4.57. The van der Waals surface area contributed by atoms with Gasteiger partial charge in [0.05, 0.1) is 6.20 Å². The van der Waals surface area contributed by atoms with E-state index in [1.807, 2.05) is 0 Å². The van der Waals surface area contributed by atoms with Crippen molar-refractivity contribution in [3.8, 4) is 11.3 Å². The molecule has 1 aliphatic rings. The van der Waals surface area contributed by atoms with Crippen molar-refractivity contribution in [3.63, 3.8) is 0 Å². The number of hydrogen-bond acceptors (Lipinski definition) is 3. The molecule has 0 amide bonds. The highest BCUT2D eigenvalue weighted by Crippen LogP contribution is 2.24. The van der Waals surface area contributed by atoms with E-state index in [0.717, 1.165) is 11.3 Å². The maximum absolute atomic E-state index is 5.26. The number of nitrogens with zero attached hydrogens (tertiary/aromatic N) is 1. The van der Waals surface area contributed by atoms with Crippen molar-refractivity contribution in [2.45, 2.75) is 31.7 Å². The van der Waals surface area contributed by atoms with Crippen molar-refractivity contribution >= 4 is 5.69 Å². The van der Waals surface area contributed by atoms with Crippen LogP contribution in [-0.4, -0.2) is 11.0 Å². The van der Waals surface area contributed by atoms with Crippen molar-refractivity contribution in [1.29, 1.82) is 0 Å². The summed E-state index contributed by atoms with van der Waals surface area (Å²) in [5.41, 5.74) is 2.26. The fourth-order valence-electron chi connectivity index (χ4n) is 2.39. The topological polar surface area (TPSA) is 38.1 Å². The smallest absolute Gasteiger partial charge is 0.181 e. The second-order valence-corrected chi connectivity index (χ2v) is 4.57. The normalized spacial score (nSPS) is 16.2. The largest absolute Gasteiger partial charge is 0.444 e. The summed E-state index contributed by atoms with van der Waals surface area (Å²) in [4.78, 5) is 3.92. The summed E-state index contributed by atoms with van der Waals surface area (Å²) in [6, 6.07) is 9.01. The first kappa shape index (κ1) is 10.4. The summed E-state index contributed by atoms with van der Waals surface area (Å²) in [6.45, 7) is 0. The molecule has 3 rings (SSSR count). The Balaban J connectivity index is 1.71. The lowest BCUT2D eigenvalue weighted by molar-refractivity contribution is 0.572. The number of anilines is 1. The van der Waals surface area contributed by atoms with Crippen molar-refractivity contribution < 1.29 is 4.42 Å². The van der Waals surface area contributed by atoms with Crippen LogP contribution in [0.5, 0.6) is 0 Å². The van der Waals surface area contributed by atoms with Gasteiger partial charge >= 0.3 is 0 Å². The molecule has 0 bridgehead atoms. The average molecular weight is 228 g/mol. The van der Waals surface area contributed by atoms with Gasteiger partial charge in [0.15, 0.2) is 12.2 Å². The Bertz CT molecular complexity index is 455. The Morgan fingerprint density at radius 1 is 1.12 bits per heavy atom. The minimum Gasteiger partial charge on any atom is -0.444 e. The maximum Gasteiger partial charge on any atom is 0.181 e. The highest BCUT2D eigenvalue weighted by atomic mass is 16.3. The van der Waals surface area contributed by atoms with E-state index in [9.17, 15) is 0 Å². The van der Waals surface area contributed by atoms with Gasteiger partial charge in [-0.25, -0.2) is 4.98 Å². The molecule has 1 saturated carbocycles. The van der Waals surface area contributed by atoms with Crippen LogP contribution < -0.4 is 5.32 Å². The summed E-state index contributed by atoms with van der Waals surface area (Å²) >= 11 is 0. The van der Waals surface area contributed by atoms with Crippen molar-refractivity contribution in [1.82, 2.24) is 4.98 Å². The van der Waals surface area contributed by atoms with Crippen LogP contribution in [0.2, 0.25) is 0 Å². The highest BCUT2D eigenvalue weighted by molar-refractivity contribution is 5.60. The molecular formula is C14H16N2O. The molecule has 1 aromatic carbocycles. The number of hydrogen-bond donors (Lipinski definition) is 1. The molecule has 1 heterocycles. The molecule has 17 heavy (non-hydrogen) atoms. The van der Waals surface area contributed by atoms with Crippen molar-refractivity contribution in [2.75, 3.05) is 5.32 Å². The Morgan fingerprint density at radius 3 is 2.53 bits per heavy atom. The van der Waals surface area contributed by atoms with Crippen LogP contribution in [0.4, 0.5) is 5.69 Å². The van der Waals surface area contributed by atoms with Crippen LogP contribution >= 0.6 is 0 Å². The van der Waals surface area contributed by atoms with E-state index in [-0.39, 0.29) is 0 Å². The van der Waals surface area contributed by atoms with E-state index >= 15 is 0 Å². The van der Waals surface area contributed by atoms with Crippen LogP contribution in [0.3, 0.4) is 0 Å². The molecule has 0 spiro atoms. The minimum atomic E-state index is 0.658. The summed E-state index contributed by atoms with van der Waals surface area (Å²) in [7, 11) is 0. The molecule has 1 aromatic heterocycles. The van der Waals surface area contributed by atoms with Gasteiger partial charge in [-0.05, 0) is 37.1 Å². The van der Waals surface area contributed by atoms with Gasteiger partial charge in [0, 0.05) is 17.3 Å². The standard InChI is InChI=1S/C14H16N2O/c1-2-4-12(3-1)16-13-7-5-11(6-8-13)14-9-15-10-17-14/h5-10,12,16H,1-4H2. The van der Waals surface area contributed by atoms with Crippen LogP contribution in [-0.2, 0) is 0 Å². The number of benzene rings is 1. The van der Waals surface area contributed by atoms with Crippen molar-refractivity contribution in [3.05, 3.63) is 36.9 Å². The van der Waals surface area contributed by atoms with Gasteiger partial charge < -0.3 is 9.73 Å². The predicted octanol–water partition coefficient (Wildman–Crippen LogP) is 3.70. The third kappa shape index (κ3) is 2.33. The monoisotopic (exact) mass is 228 g/mol. The average Bonchev–Trinajstić information content (AvgIpc) is 3.01. The Labute approximate surface area is 101 Å². The second kappa shape index (κ2) is 4.62. The number of aromatic nitrogens is 1. The molecule has 1 aliphatic carbocycles. The SMILES string of the molecule is c1ncc(-c2ccc(NC3CCCC3)cc2)o1. The van der Waals surface area contributed by atoms with E-state index in [1.54, 1.807) is 6.20 Å². The Kier molecular flexibility index (Phi) is 2.82. The van der Waals surface area contributed by atoms with Crippen LogP contribution in [0.1, 0.15) is 25.7 Å². The molecule has 0 aliphatic heterocycles. The zero-order valence-corrected chi connectivity index (χ0v) is 9.73. The summed E-state index contributed by atoms with van der Waals surface area (Å²) in [5, 5.41) is 3.57. The highest BCUT2D eigenvalue weighted by Gasteiger charge is 2.14. The molecule has 1 fully saturated rings. The first-order valence-electron chi connectivity index (χ1n) is 6.17. The van der Waals surface area contributed by atoms with E-state index in [4.69, 9.17) is 4.42 Å². The van der Waals surface area contributed by atoms with Gasteiger partial charge in [-0.2, -0.15) is 0 Å². The molecule has 88 valence electrons. The number of rotatable bonds is 3. The summed E-state index contributed by atoms with van der Waals surface area (Å²) < 4.78 is 5.26. The van der Waals surface area contributed by atoms with Crippen molar-refractivity contribution in [2.24, 2.45) is 0 Å². The van der Waals surface area contributed by atoms with E-state index in [1.165, 1.54) is 37.8 Å². The van der Waals surface area contributed by atoms with Gasteiger partial charge in [-0.15, -0.1) is 0 Å². The summed E-state index contributed by atoms with van der Waals surface area (Å²) in [6.07, 6.45) is 8.49. The zero-order valence-electron chi connectivity index (χ0n) is 9.73. The van der Waals surface area contributed by atoms with Crippen LogP contribution in [0, 0.1) is 0 Å². The third-order valence-electron chi connectivity index (χ3n) is 3.33. The maximum atomic E-state index is 5.26. The zero-order chi connectivity index (χ0) is 11.5. The van der Waals surface area contributed by atoms with Gasteiger partial charge in [-0.3, -0.25) is 0 Å². The van der Waals surface area contributed by atoms with Gasteiger partial charge in [0.25, 0.3) is 0 Å². The van der Waals surface area contributed by atoms with Gasteiger partial charge in [0.2, 0.25) is 0 Å². The van der Waals surface area contributed by atoms with E-state index < -0.39 is 0 Å². The summed E-state index contributed by atoms with van der Waals surface area (Å²) in [5.74, 6) is 0.817. The molecule has 0 radical (unpaired) electrons. The quantitative estimate of drug-likeness (QED) is 0.870. The number of nitrogens with one attached hydrogen (secondary N) is 1. The van der Waals surface area contributed by atoms with Crippen LogP contribution in [0.15, 0.2) is 41.3 Å². The molecule has 0 saturated heterocycles. The van der Waals surface area contributed by atoms with E-state index in [2.05, 4.69) is 34.6 Å². The first-order chi connectivity index (χ1) is 8.42. The number of oxazole rings is 1. The van der Waals surface area contributed by atoms with Gasteiger partial charge in [0.1, 0.15) is 0 Å². The minimum absolute atomic E-state index is 0.658. The molecule has 3 heteroatoms. The third-order valence-corrected chi connectivity index (χ3v) is 3.33. The molecule has 0 atom stereocenters. The molecule has 1 N–H and O–H groups in total. The first-order valence-corrected chi connectivity index (χ1v) is 6.17. The fourth-order valence-corrected chi connectivity index (χ4v) is 2.39. The fraction of sp³-hybridized carbons (Fsp3) is 0.357. The molecule has 0 unspecified atom stereocenters. The van der Waals surface area contributed by atoms with Gasteiger partial charge in [-0.1, -0.05) is 12.8 Å². The predicted molar refractivity (Wildman–Crippen MR) is 67.8 cm³/mol. The van der Waals surface area contributed by atoms with Crippen LogP contribution in [0.25, 0.3) is 11.3 Å². The molecule has 3 nitrogen and oxygen atoms in total. The Hall–Kier alpha value is -1.77.